The third-order valence-corrected chi connectivity index (χ3v) is 6.21. The highest BCUT2D eigenvalue weighted by Crippen LogP contribution is 2.48. The van der Waals surface area contributed by atoms with Crippen LogP contribution in [-0.2, 0) is 0 Å². The van der Waals surface area contributed by atoms with E-state index in [0.29, 0.717) is 10.6 Å². The van der Waals surface area contributed by atoms with E-state index < -0.39 is 0 Å². The van der Waals surface area contributed by atoms with Crippen LogP contribution in [0, 0.1) is 6.92 Å². The summed E-state index contributed by atoms with van der Waals surface area (Å²) < 4.78 is 1.08. The number of benzene rings is 1. The van der Waals surface area contributed by atoms with E-state index in [0.717, 1.165) is 26.0 Å². The Kier molecular flexibility index (Phi) is 4.38. The van der Waals surface area contributed by atoms with Gasteiger partial charge in [-0.1, -0.05) is 11.6 Å². The van der Waals surface area contributed by atoms with E-state index in [1.54, 1.807) is 48.1 Å². The summed E-state index contributed by atoms with van der Waals surface area (Å²) in [4.78, 5) is 16.9. The number of thioether (sulfide) groups is 2. The maximum atomic E-state index is 12.9. The number of allylic oxidation sites excluding steroid dienone is 1. The maximum Gasteiger partial charge on any atom is 0.195 e. The first kappa shape index (κ1) is 14.7. The van der Waals surface area contributed by atoms with Gasteiger partial charge >= 0.3 is 0 Å². The van der Waals surface area contributed by atoms with Crippen LogP contribution >= 0.6 is 35.1 Å². The average Bonchev–Trinajstić information content (AvgIpc) is 2.46. The molecule has 1 saturated heterocycles. The molecule has 0 saturated carbocycles. The molecule has 1 aliphatic rings. The molecule has 2 heterocycles. The molecule has 0 atom stereocenters. The van der Waals surface area contributed by atoms with Gasteiger partial charge in [0.05, 0.1) is 4.24 Å². The number of halogens is 1. The Morgan fingerprint density at radius 2 is 1.86 bits per heavy atom. The van der Waals surface area contributed by atoms with Gasteiger partial charge in [0.15, 0.2) is 5.78 Å². The van der Waals surface area contributed by atoms with Gasteiger partial charge in [0.25, 0.3) is 0 Å². The van der Waals surface area contributed by atoms with Crippen LogP contribution < -0.4 is 0 Å². The Hall–Kier alpha value is -1.23. The molecule has 3 rings (SSSR count). The molecule has 0 radical (unpaired) electrons. The molecule has 0 unspecified atom stereocenters. The number of nitrogens with zero attached hydrogens (tertiary/aromatic N) is 1. The highest BCUT2D eigenvalue weighted by atomic mass is 35.5. The minimum Gasteiger partial charge on any atom is -0.289 e. The molecule has 5 heteroatoms. The molecule has 0 bridgehead atoms. The summed E-state index contributed by atoms with van der Waals surface area (Å²) in [5, 5.41) is 1.67. The van der Waals surface area contributed by atoms with Crippen molar-refractivity contribution in [2.75, 3.05) is 5.08 Å². The molecule has 0 amide bonds. The molecule has 2 aromatic rings. The van der Waals surface area contributed by atoms with E-state index >= 15 is 0 Å². The van der Waals surface area contributed by atoms with E-state index in [2.05, 4.69) is 4.98 Å². The second-order valence-corrected chi connectivity index (χ2v) is 7.60. The predicted molar refractivity (Wildman–Crippen MR) is 91.7 cm³/mol. The lowest BCUT2D eigenvalue weighted by atomic mass is 9.98. The molecule has 1 fully saturated rings. The zero-order chi connectivity index (χ0) is 14.8. The van der Waals surface area contributed by atoms with Gasteiger partial charge in [-0.05, 0) is 48.4 Å². The number of ketones is 1. The molecule has 0 N–H and O–H groups in total. The van der Waals surface area contributed by atoms with E-state index in [1.807, 2.05) is 25.1 Å². The zero-order valence-corrected chi connectivity index (χ0v) is 13.7. The Morgan fingerprint density at radius 3 is 2.43 bits per heavy atom. The quantitative estimate of drug-likeness (QED) is 0.582. The number of Topliss-reactive ketones (excluding diaryl/α,β-unsaturated/α-hetero) is 1. The molecule has 0 spiro atoms. The molecule has 1 aromatic heterocycles. The fraction of sp³-hybridized carbons (Fsp3) is 0.125. The minimum atomic E-state index is 0.0377. The van der Waals surface area contributed by atoms with Crippen molar-refractivity contribution in [3.63, 3.8) is 0 Å². The molecular weight excluding hydrogens is 322 g/mol. The molecule has 21 heavy (non-hydrogen) atoms. The van der Waals surface area contributed by atoms with Crippen molar-refractivity contribution >= 4 is 46.5 Å². The van der Waals surface area contributed by atoms with Crippen molar-refractivity contribution in [2.24, 2.45) is 0 Å². The van der Waals surface area contributed by atoms with Gasteiger partial charge in [0.1, 0.15) is 0 Å². The van der Waals surface area contributed by atoms with Gasteiger partial charge in [0.2, 0.25) is 0 Å². The standard InChI is InChI=1S/C16H12ClNOS2/c1-10-8-12(2-3-13(10)17)15(19)14(16-20-9-21-16)11-4-6-18-7-5-11/h2-8H,9H2,1H3. The van der Waals surface area contributed by atoms with Crippen LogP contribution in [0.1, 0.15) is 21.5 Å². The first-order valence-corrected chi connectivity index (χ1v) is 8.73. The SMILES string of the molecule is Cc1cc(C(=O)C(=C2SCS2)c2ccncc2)ccc1Cl. The minimum absolute atomic E-state index is 0.0377. The van der Waals surface area contributed by atoms with Crippen molar-refractivity contribution < 1.29 is 4.79 Å². The second-order valence-electron chi connectivity index (χ2n) is 4.60. The van der Waals surface area contributed by atoms with Gasteiger partial charge < -0.3 is 0 Å². The molecule has 2 nitrogen and oxygen atoms in total. The summed E-state index contributed by atoms with van der Waals surface area (Å²) >= 11 is 9.47. The Bertz CT molecular complexity index is 722. The lowest BCUT2D eigenvalue weighted by Crippen LogP contribution is -2.07. The highest BCUT2D eigenvalue weighted by molar-refractivity contribution is 8.37. The summed E-state index contributed by atoms with van der Waals surface area (Å²) in [5.41, 5.74) is 3.26. The third kappa shape index (κ3) is 3.03. The maximum absolute atomic E-state index is 12.9. The van der Waals surface area contributed by atoms with Gasteiger partial charge in [-0.3, -0.25) is 9.78 Å². The zero-order valence-electron chi connectivity index (χ0n) is 11.3. The number of pyridine rings is 1. The summed E-state index contributed by atoms with van der Waals surface area (Å²) in [7, 11) is 0. The van der Waals surface area contributed by atoms with Crippen LogP contribution in [0.5, 0.6) is 0 Å². The van der Waals surface area contributed by atoms with Crippen molar-refractivity contribution in [3.05, 3.63) is 68.7 Å². The molecule has 1 aromatic carbocycles. The average molecular weight is 334 g/mol. The fourth-order valence-electron chi connectivity index (χ4n) is 2.05. The number of hydrogen-bond acceptors (Lipinski definition) is 4. The second kappa shape index (κ2) is 6.26. The van der Waals surface area contributed by atoms with Crippen LogP contribution in [0.15, 0.2) is 47.0 Å². The van der Waals surface area contributed by atoms with Crippen LogP contribution in [0.25, 0.3) is 5.57 Å². The summed E-state index contributed by atoms with van der Waals surface area (Å²) in [6.45, 7) is 1.91. The molecule has 0 aliphatic carbocycles. The Balaban J connectivity index is 2.05. The number of hydrogen-bond donors (Lipinski definition) is 0. The van der Waals surface area contributed by atoms with Crippen LogP contribution in [0.4, 0.5) is 0 Å². The van der Waals surface area contributed by atoms with Crippen molar-refractivity contribution in [3.8, 4) is 0 Å². The number of aryl methyl sites for hydroxylation is 1. The van der Waals surface area contributed by atoms with Crippen molar-refractivity contribution in [1.29, 1.82) is 0 Å². The molecule has 106 valence electrons. The van der Waals surface area contributed by atoms with E-state index in [-0.39, 0.29) is 5.78 Å². The number of rotatable bonds is 3. The lowest BCUT2D eigenvalue weighted by Gasteiger charge is -2.20. The summed E-state index contributed by atoms with van der Waals surface area (Å²) in [6, 6.07) is 9.17. The van der Waals surface area contributed by atoms with Crippen LogP contribution in [0.2, 0.25) is 5.02 Å². The largest absolute Gasteiger partial charge is 0.289 e. The topological polar surface area (TPSA) is 30.0 Å². The summed E-state index contributed by atoms with van der Waals surface area (Å²) in [5.74, 6) is 0.0377. The van der Waals surface area contributed by atoms with Crippen molar-refractivity contribution in [2.45, 2.75) is 6.92 Å². The number of carbonyl (C=O) groups excluding carboxylic acids is 1. The number of aromatic nitrogens is 1. The van der Waals surface area contributed by atoms with Crippen LogP contribution in [-0.4, -0.2) is 15.9 Å². The lowest BCUT2D eigenvalue weighted by molar-refractivity contribution is 0.105. The monoisotopic (exact) mass is 333 g/mol. The van der Waals surface area contributed by atoms with Gasteiger partial charge in [0, 0.05) is 33.6 Å². The molecular formula is C16H12ClNOS2. The van der Waals surface area contributed by atoms with Crippen molar-refractivity contribution in [1.82, 2.24) is 4.98 Å². The number of carbonyl (C=O) groups is 1. The first-order chi connectivity index (χ1) is 10.2. The van der Waals surface area contributed by atoms with Gasteiger partial charge in [-0.15, -0.1) is 23.5 Å². The van der Waals surface area contributed by atoms with Gasteiger partial charge in [-0.2, -0.15) is 0 Å². The van der Waals surface area contributed by atoms with Crippen LogP contribution in [0.3, 0.4) is 0 Å². The van der Waals surface area contributed by atoms with E-state index in [1.165, 1.54) is 0 Å². The predicted octanol–water partition coefficient (Wildman–Crippen LogP) is 5.03. The normalized spacial score (nSPS) is 13.7. The van der Waals surface area contributed by atoms with Gasteiger partial charge in [-0.25, -0.2) is 0 Å². The summed E-state index contributed by atoms with van der Waals surface area (Å²) in [6.07, 6.45) is 3.43. The third-order valence-electron chi connectivity index (χ3n) is 3.20. The fourth-order valence-corrected chi connectivity index (χ4v) is 3.82. The first-order valence-electron chi connectivity index (χ1n) is 6.38. The molecule has 1 aliphatic heterocycles. The Labute approximate surface area is 137 Å². The van der Waals surface area contributed by atoms with E-state index in [4.69, 9.17) is 11.6 Å². The van der Waals surface area contributed by atoms with E-state index in [9.17, 15) is 4.79 Å². The Morgan fingerprint density at radius 1 is 1.14 bits per heavy atom. The highest BCUT2D eigenvalue weighted by Gasteiger charge is 2.24. The smallest absolute Gasteiger partial charge is 0.195 e.